The molecule has 0 heterocycles. The number of rotatable bonds is 5. The molecule has 1 amide bonds. The maximum absolute atomic E-state index is 13.8. The highest BCUT2D eigenvalue weighted by Gasteiger charge is 2.23. The molecule has 10 heteroatoms. The van der Waals surface area contributed by atoms with E-state index in [1.807, 2.05) is 0 Å². The predicted octanol–water partition coefficient (Wildman–Crippen LogP) is 2.10. The lowest BCUT2D eigenvalue weighted by molar-refractivity contribution is -0.123. The van der Waals surface area contributed by atoms with Gasteiger partial charge in [-0.05, 0) is 49.7 Å². The molecule has 3 N–H and O–H groups in total. The fourth-order valence-corrected chi connectivity index (χ4v) is 2.57. The van der Waals surface area contributed by atoms with E-state index in [0.29, 0.717) is 11.6 Å². The first-order valence-electron chi connectivity index (χ1n) is 7.59. The van der Waals surface area contributed by atoms with E-state index in [0.717, 1.165) is 18.2 Å². The molecule has 0 aliphatic carbocycles. The number of amides is 1. The summed E-state index contributed by atoms with van der Waals surface area (Å²) in [5.41, 5.74) is -0.159. The Balaban J connectivity index is 2.12. The summed E-state index contributed by atoms with van der Waals surface area (Å²) in [7, 11) is -4.16. The molecule has 0 bridgehead atoms. The Morgan fingerprint density at radius 3 is 2.37 bits per heavy atom. The summed E-state index contributed by atoms with van der Waals surface area (Å²) in [5.74, 6) is -3.61. The van der Waals surface area contributed by atoms with E-state index in [-0.39, 0.29) is 5.69 Å². The Morgan fingerprint density at radius 1 is 1.11 bits per heavy atom. The van der Waals surface area contributed by atoms with Crippen molar-refractivity contribution in [2.45, 2.75) is 24.8 Å². The second kappa shape index (κ2) is 7.80. The summed E-state index contributed by atoms with van der Waals surface area (Å²) in [6, 6.07) is 6.36. The third-order valence-electron chi connectivity index (χ3n) is 3.58. The van der Waals surface area contributed by atoms with Gasteiger partial charge in [0.25, 0.3) is 5.91 Å². The molecule has 144 valence electrons. The van der Waals surface area contributed by atoms with Gasteiger partial charge in [0.1, 0.15) is 11.6 Å². The van der Waals surface area contributed by atoms with Gasteiger partial charge in [-0.2, -0.15) is 0 Å². The average Bonchev–Trinajstić information content (AvgIpc) is 2.57. The molecule has 2 aromatic carbocycles. The van der Waals surface area contributed by atoms with Crippen molar-refractivity contribution < 1.29 is 31.5 Å². The molecule has 0 aromatic heterocycles. The third kappa shape index (κ3) is 5.08. The maximum Gasteiger partial charge on any atom is 0.341 e. The standard InChI is InChI=1S/C17H16F2N2O5S/c1-9-3-4-11(7-15(9)19)21-16(22)10(2)26-17(23)13-8-12(27(20,24)25)5-6-14(13)18/h3-8,10H,1-2H3,(H,21,22)(H2,20,24,25)/t10-/m0/s1. The molecule has 0 aliphatic rings. The molecule has 0 saturated carbocycles. The van der Waals surface area contributed by atoms with Crippen LogP contribution in [0.15, 0.2) is 41.3 Å². The molecular weight excluding hydrogens is 382 g/mol. The normalized spacial score (nSPS) is 12.3. The number of esters is 1. The van der Waals surface area contributed by atoms with Gasteiger partial charge in [-0.3, -0.25) is 4.79 Å². The first-order valence-corrected chi connectivity index (χ1v) is 9.14. The quantitative estimate of drug-likeness (QED) is 0.749. The van der Waals surface area contributed by atoms with Crippen LogP contribution in [0.2, 0.25) is 0 Å². The minimum atomic E-state index is -4.16. The van der Waals surface area contributed by atoms with Crippen LogP contribution in [0.3, 0.4) is 0 Å². The van der Waals surface area contributed by atoms with Crippen molar-refractivity contribution in [2.24, 2.45) is 5.14 Å². The number of sulfonamides is 1. The number of primary sulfonamides is 1. The zero-order valence-electron chi connectivity index (χ0n) is 14.3. The second-order valence-corrected chi connectivity index (χ2v) is 7.25. The molecule has 7 nitrogen and oxygen atoms in total. The van der Waals surface area contributed by atoms with E-state index >= 15 is 0 Å². The van der Waals surface area contributed by atoms with E-state index in [4.69, 9.17) is 9.88 Å². The Bertz CT molecular complexity index is 1010. The first kappa shape index (κ1) is 20.5. The molecule has 0 aliphatic heterocycles. The zero-order chi connectivity index (χ0) is 20.4. The Kier molecular flexibility index (Phi) is 5.91. The van der Waals surface area contributed by atoms with Crippen LogP contribution in [0.5, 0.6) is 0 Å². The SMILES string of the molecule is Cc1ccc(NC(=O)[C@H](C)OC(=O)c2cc(S(N)(=O)=O)ccc2F)cc1F. The Hall–Kier alpha value is -2.85. The van der Waals surface area contributed by atoms with Crippen LogP contribution < -0.4 is 10.5 Å². The zero-order valence-corrected chi connectivity index (χ0v) is 15.1. The Morgan fingerprint density at radius 2 is 1.78 bits per heavy atom. The molecule has 1 atom stereocenters. The van der Waals surface area contributed by atoms with E-state index in [9.17, 15) is 26.8 Å². The fraction of sp³-hybridized carbons (Fsp3) is 0.176. The van der Waals surface area contributed by atoms with Crippen LogP contribution in [0.4, 0.5) is 14.5 Å². The number of carbonyl (C=O) groups is 2. The molecule has 0 unspecified atom stereocenters. The van der Waals surface area contributed by atoms with Crippen molar-refractivity contribution >= 4 is 27.6 Å². The summed E-state index contributed by atoms with van der Waals surface area (Å²) in [5, 5.41) is 7.29. The van der Waals surface area contributed by atoms with Gasteiger partial charge in [0.2, 0.25) is 10.0 Å². The van der Waals surface area contributed by atoms with Crippen molar-refractivity contribution in [3.63, 3.8) is 0 Å². The van der Waals surface area contributed by atoms with Gasteiger partial charge in [0, 0.05) is 5.69 Å². The van der Waals surface area contributed by atoms with Crippen molar-refractivity contribution in [2.75, 3.05) is 5.32 Å². The van der Waals surface area contributed by atoms with Gasteiger partial charge < -0.3 is 10.1 Å². The predicted molar refractivity (Wildman–Crippen MR) is 92.4 cm³/mol. The summed E-state index contributed by atoms with van der Waals surface area (Å²) in [4.78, 5) is 23.7. The highest BCUT2D eigenvalue weighted by atomic mass is 32.2. The molecular formula is C17H16F2N2O5S. The van der Waals surface area contributed by atoms with Gasteiger partial charge in [-0.1, -0.05) is 6.07 Å². The van der Waals surface area contributed by atoms with Gasteiger partial charge in [0.15, 0.2) is 6.10 Å². The fourth-order valence-electron chi connectivity index (χ4n) is 2.03. The van der Waals surface area contributed by atoms with Gasteiger partial charge in [-0.25, -0.2) is 27.1 Å². The maximum atomic E-state index is 13.8. The number of aryl methyl sites for hydroxylation is 1. The second-order valence-electron chi connectivity index (χ2n) is 5.69. The lowest BCUT2D eigenvalue weighted by atomic mass is 10.2. The molecule has 0 saturated heterocycles. The van der Waals surface area contributed by atoms with Gasteiger partial charge >= 0.3 is 5.97 Å². The van der Waals surface area contributed by atoms with E-state index in [2.05, 4.69) is 5.32 Å². The number of halogens is 2. The smallest absolute Gasteiger partial charge is 0.341 e. The van der Waals surface area contributed by atoms with Crippen LogP contribution in [0, 0.1) is 18.6 Å². The van der Waals surface area contributed by atoms with E-state index in [1.54, 1.807) is 6.92 Å². The monoisotopic (exact) mass is 398 g/mol. The largest absolute Gasteiger partial charge is 0.449 e. The number of nitrogens with two attached hydrogens (primary N) is 1. The number of anilines is 1. The highest BCUT2D eigenvalue weighted by Crippen LogP contribution is 2.17. The van der Waals surface area contributed by atoms with Crippen molar-refractivity contribution in [1.29, 1.82) is 0 Å². The number of hydrogen-bond acceptors (Lipinski definition) is 5. The molecule has 0 fully saturated rings. The molecule has 0 radical (unpaired) electrons. The molecule has 27 heavy (non-hydrogen) atoms. The lowest BCUT2D eigenvalue weighted by Gasteiger charge is -2.14. The van der Waals surface area contributed by atoms with Crippen LogP contribution in [0.25, 0.3) is 0 Å². The number of ether oxygens (including phenoxy) is 1. The lowest BCUT2D eigenvalue weighted by Crippen LogP contribution is -2.30. The van der Waals surface area contributed by atoms with Crippen LogP contribution >= 0.6 is 0 Å². The molecule has 2 aromatic rings. The summed E-state index contributed by atoms with van der Waals surface area (Å²) in [6.45, 7) is 2.77. The average molecular weight is 398 g/mol. The number of nitrogens with one attached hydrogen (secondary N) is 1. The first-order chi connectivity index (χ1) is 12.5. The minimum Gasteiger partial charge on any atom is -0.449 e. The van der Waals surface area contributed by atoms with E-state index in [1.165, 1.54) is 19.1 Å². The minimum absolute atomic E-state index is 0.147. The van der Waals surface area contributed by atoms with Crippen LogP contribution in [-0.4, -0.2) is 26.4 Å². The number of benzene rings is 2. The highest BCUT2D eigenvalue weighted by molar-refractivity contribution is 7.89. The van der Waals surface area contributed by atoms with Crippen molar-refractivity contribution in [3.05, 3.63) is 59.2 Å². The van der Waals surface area contributed by atoms with Crippen molar-refractivity contribution in [1.82, 2.24) is 0 Å². The van der Waals surface area contributed by atoms with Crippen molar-refractivity contribution in [3.8, 4) is 0 Å². The summed E-state index contributed by atoms with van der Waals surface area (Å²) >= 11 is 0. The topological polar surface area (TPSA) is 116 Å². The summed E-state index contributed by atoms with van der Waals surface area (Å²) < 4.78 is 54.8. The van der Waals surface area contributed by atoms with Crippen LogP contribution in [0.1, 0.15) is 22.8 Å². The van der Waals surface area contributed by atoms with Gasteiger partial charge in [-0.15, -0.1) is 0 Å². The third-order valence-corrected chi connectivity index (χ3v) is 4.49. The van der Waals surface area contributed by atoms with E-state index < -0.39 is 50.1 Å². The van der Waals surface area contributed by atoms with Gasteiger partial charge in [0.05, 0.1) is 10.5 Å². The number of hydrogen-bond donors (Lipinski definition) is 2. The summed E-state index contributed by atoms with van der Waals surface area (Å²) in [6.07, 6.45) is -1.36. The molecule has 2 rings (SSSR count). The number of carbonyl (C=O) groups excluding carboxylic acids is 2. The Labute approximate surface area is 154 Å². The van der Waals surface area contributed by atoms with Crippen LogP contribution in [-0.2, 0) is 19.6 Å². The molecule has 0 spiro atoms.